The zero-order valence-corrected chi connectivity index (χ0v) is 6.80. The lowest BCUT2D eigenvalue weighted by Crippen LogP contribution is -1.99. The zero-order valence-electron chi connectivity index (χ0n) is 6.80. The maximum Gasteiger partial charge on any atom is 0.332 e. The maximum absolute atomic E-state index is 10.8. The number of nitrogens with zero attached hydrogens (tertiary/aromatic N) is 2. The van der Waals surface area contributed by atoms with E-state index < -0.39 is 0 Å². The van der Waals surface area contributed by atoms with Crippen LogP contribution in [0.1, 0.15) is 6.92 Å². The van der Waals surface area contributed by atoms with Gasteiger partial charge in [-0.15, -0.1) is 0 Å². The lowest BCUT2D eigenvalue weighted by molar-refractivity contribution is -0.137. The minimum absolute atomic E-state index is 0.354. The van der Waals surface area contributed by atoms with E-state index >= 15 is 0 Å². The summed E-state index contributed by atoms with van der Waals surface area (Å²) in [4.78, 5) is 10.8. The molecule has 4 heteroatoms. The predicted molar refractivity (Wildman–Crippen MR) is 44.2 cm³/mol. The van der Waals surface area contributed by atoms with Gasteiger partial charge in [0.1, 0.15) is 0 Å². The third-order valence-corrected chi connectivity index (χ3v) is 1.17. The third-order valence-electron chi connectivity index (χ3n) is 1.17. The van der Waals surface area contributed by atoms with Gasteiger partial charge >= 0.3 is 5.97 Å². The largest absolute Gasteiger partial charge is 0.463 e. The van der Waals surface area contributed by atoms with Crippen LogP contribution in [0.3, 0.4) is 0 Å². The molecule has 0 saturated carbocycles. The topological polar surface area (TPSA) is 44.1 Å². The Kier molecular flexibility index (Phi) is 3.07. The summed E-state index contributed by atoms with van der Waals surface area (Å²) in [5, 5.41) is 3.87. The van der Waals surface area contributed by atoms with E-state index in [2.05, 4.69) is 9.84 Å². The van der Waals surface area contributed by atoms with Gasteiger partial charge in [0.15, 0.2) is 0 Å². The normalized spacial score (nSPS) is 10.4. The van der Waals surface area contributed by atoms with Crippen molar-refractivity contribution in [2.75, 3.05) is 6.61 Å². The molecule has 12 heavy (non-hydrogen) atoms. The summed E-state index contributed by atoms with van der Waals surface area (Å²) < 4.78 is 6.20. The summed E-state index contributed by atoms with van der Waals surface area (Å²) in [6.45, 7) is 2.15. The summed E-state index contributed by atoms with van der Waals surface area (Å²) in [6.07, 6.45) is 6.24. The van der Waals surface area contributed by atoms with Crippen molar-refractivity contribution in [1.29, 1.82) is 0 Å². The highest BCUT2D eigenvalue weighted by molar-refractivity contribution is 5.84. The molecule has 1 aromatic rings. The van der Waals surface area contributed by atoms with Crippen LogP contribution < -0.4 is 0 Å². The quantitative estimate of drug-likeness (QED) is 0.495. The van der Waals surface area contributed by atoms with E-state index in [1.807, 2.05) is 0 Å². The van der Waals surface area contributed by atoms with Crippen LogP contribution in [0.2, 0.25) is 0 Å². The van der Waals surface area contributed by atoms with Crippen molar-refractivity contribution in [2.45, 2.75) is 6.92 Å². The van der Waals surface area contributed by atoms with Crippen LogP contribution >= 0.6 is 0 Å². The Morgan fingerprint density at radius 3 is 3.17 bits per heavy atom. The Balaban J connectivity index is 2.45. The van der Waals surface area contributed by atoms with Gasteiger partial charge in [0.2, 0.25) is 0 Å². The molecule has 0 atom stereocenters. The highest BCUT2D eigenvalue weighted by Crippen LogP contribution is 1.87. The van der Waals surface area contributed by atoms with Gasteiger partial charge in [0.25, 0.3) is 0 Å². The molecule has 1 aromatic heterocycles. The van der Waals surface area contributed by atoms with Crippen molar-refractivity contribution in [3.05, 3.63) is 24.5 Å². The molecular formula is C8H10N2O2. The number of carbonyl (C=O) groups is 1. The van der Waals surface area contributed by atoms with E-state index in [1.54, 1.807) is 25.4 Å². The number of rotatable bonds is 3. The van der Waals surface area contributed by atoms with Crippen molar-refractivity contribution < 1.29 is 9.53 Å². The monoisotopic (exact) mass is 166 g/mol. The molecular weight excluding hydrogens is 156 g/mol. The molecule has 0 radical (unpaired) electrons. The molecule has 0 N–H and O–H groups in total. The van der Waals surface area contributed by atoms with Crippen LogP contribution in [0.4, 0.5) is 0 Å². The van der Waals surface area contributed by atoms with Crippen LogP contribution in [0, 0.1) is 0 Å². The Morgan fingerprint density at radius 1 is 1.75 bits per heavy atom. The molecule has 1 heterocycles. The van der Waals surface area contributed by atoms with E-state index in [1.165, 1.54) is 17.0 Å². The second-order valence-electron chi connectivity index (χ2n) is 2.05. The van der Waals surface area contributed by atoms with Gasteiger partial charge in [-0.1, -0.05) is 0 Å². The first-order valence-corrected chi connectivity index (χ1v) is 3.67. The van der Waals surface area contributed by atoms with E-state index in [0.717, 1.165) is 0 Å². The smallest absolute Gasteiger partial charge is 0.332 e. The molecule has 1 rings (SSSR count). The van der Waals surface area contributed by atoms with E-state index in [9.17, 15) is 4.79 Å². The van der Waals surface area contributed by atoms with Crippen molar-refractivity contribution in [3.8, 4) is 0 Å². The van der Waals surface area contributed by atoms with Gasteiger partial charge < -0.3 is 4.74 Å². The molecule has 0 spiro atoms. The number of carbonyl (C=O) groups excluding carboxylic acids is 1. The Morgan fingerprint density at radius 2 is 2.58 bits per heavy atom. The summed E-state index contributed by atoms with van der Waals surface area (Å²) in [6, 6.07) is 1.77. The number of aromatic nitrogens is 2. The average molecular weight is 166 g/mol. The fraction of sp³-hybridized carbons (Fsp3) is 0.250. The van der Waals surface area contributed by atoms with Crippen LogP contribution in [0.15, 0.2) is 24.5 Å². The van der Waals surface area contributed by atoms with Gasteiger partial charge in [0, 0.05) is 24.7 Å². The van der Waals surface area contributed by atoms with Crippen molar-refractivity contribution >= 4 is 12.2 Å². The van der Waals surface area contributed by atoms with Gasteiger partial charge in [-0.2, -0.15) is 5.10 Å². The Bertz CT molecular complexity index is 265. The number of hydrogen-bond acceptors (Lipinski definition) is 3. The van der Waals surface area contributed by atoms with E-state index in [0.29, 0.717) is 6.61 Å². The first-order valence-electron chi connectivity index (χ1n) is 3.67. The Labute approximate surface area is 70.4 Å². The second-order valence-corrected chi connectivity index (χ2v) is 2.05. The number of hydrogen-bond donors (Lipinski definition) is 0. The molecule has 0 saturated heterocycles. The first-order chi connectivity index (χ1) is 5.83. The SMILES string of the molecule is CCOC(=O)/C=C\n1cccn1. The fourth-order valence-electron chi connectivity index (χ4n) is 0.696. The van der Waals surface area contributed by atoms with Crippen molar-refractivity contribution in [2.24, 2.45) is 0 Å². The highest BCUT2D eigenvalue weighted by Gasteiger charge is 1.92. The second kappa shape index (κ2) is 4.33. The van der Waals surface area contributed by atoms with Gasteiger partial charge in [-0.05, 0) is 13.0 Å². The molecule has 0 bridgehead atoms. The lowest BCUT2D eigenvalue weighted by Gasteiger charge is -1.94. The summed E-state index contributed by atoms with van der Waals surface area (Å²) >= 11 is 0. The molecule has 0 aliphatic rings. The lowest BCUT2D eigenvalue weighted by atomic mass is 10.6. The van der Waals surface area contributed by atoms with Gasteiger partial charge in [-0.3, -0.25) is 0 Å². The number of ether oxygens (including phenoxy) is 1. The van der Waals surface area contributed by atoms with Crippen molar-refractivity contribution in [3.63, 3.8) is 0 Å². The molecule has 0 aliphatic carbocycles. The van der Waals surface area contributed by atoms with Crippen LogP contribution in [0.25, 0.3) is 6.20 Å². The summed E-state index contributed by atoms with van der Waals surface area (Å²) in [5.74, 6) is -0.354. The molecule has 0 amide bonds. The van der Waals surface area contributed by atoms with Gasteiger partial charge in [-0.25, -0.2) is 9.48 Å². The highest BCUT2D eigenvalue weighted by atomic mass is 16.5. The molecule has 0 aliphatic heterocycles. The Hall–Kier alpha value is -1.58. The van der Waals surface area contributed by atoms with Crippen LogP contribution in [0.5, 0.6) is 0 Å². The minimum Gasteiger partial charge on any atom is -0.463 e. The predicted octanol–water partition coefficient (Wildman–Crippen LogP) is 0.917. The maximum atomic E-state index is 10.8. The summed E-state index contributed by atoms with van der Waals surface area (Å²) in [7, 11) is 0. The molecule has 0 fully saturated rings. The first kappa shape index (κ1) is 8.52. The molecule has 64 valence electrons. The summed E-state index contributed by atoms with van der Waals surface area (Å²) in [5.41, 5.74) is 0. The van der Waals surface area contributed by atoms with Crippen LogP contribution in [-0.4, -0.2) is 22.4 Å². The molecule has 4 nitrogen and oxygen atoms in total. The minimum atomic E-state index is -0.354. The van der Waals surface area contributed by atoms with Crippen molar-refractivity contribution in [1.82, 2.24) is 9.78 Å². The van der Waals surface area contributed by atoms with E-state index in [-0.39, 0.29) is 5.97 Å². The number of esters is 1. The third kappa shape index (κ3) is 2.57. The standard InChI is InChI=1S/C8H10N2O2/c1-2-12-8(11)4-7-10-6-3-5-9-10/h3-7H,2H2,1H3/b7-4-. The van der Waals surface area contributed by atoms with Crippen LogP contribution in [-0.2, 0) is 9.53 Å². The molecule has 0 aromatic carbocycles. The fourth-order valence-corrected chi connectivity index (χ4v) is 0.696. The van der Waals surface area contributed by atoms with Gasteiger partial charge in [0.05, 0.1) is 6.61 Å². The average Bonchev–Trinajstić information content (AvgIpc) is 2.53. The zero-order chi connectivity index (χ0) is 8.81. The van der Waals surface area contributed by atoms with E-state index in [4.69, 9.17) is 0 Å². The molecule has 0 unspecified atom stereocenters.